The maximum absolute atomic E-state index is 12.1. The fourth-order valence-corrected chi connectivity index (χ4v) is 2.97. The van der Waals surface area contributed by atoms with Gasteiger partial charge in [0.2, 0.25) is 0 Å². The number of esters is 4. The fraction of sp³-hybridized carbons (Fsp3) is 0. The molecule has 0 bridgehead atoms. The monoisotopic (exact) mass is 318 g/mol. The zero-order valence-corrected chi connectivity index (χ0v) is 11.5. The van der Waals surface area contributed by atoms with Gasteiger partial charge in [0.25, 0.3) is 0 Å². The van der Waals surface area contributed by atoms with Gasteiger partial charge in [0.15, 0.2) is 0 Å². The van der Waals surface area contributed by atoms with E-state index in [0.29, 0.717) is 0 Å². The van der Waals surface area contributed by atoms with E-state index < -0.39 is 35.0 Å². The van der Waals surface area contributed by atoms with Crippen molar-refractivity contribution < 1.29 is 28.7 Å². The summed E-state index contributed by atoms with van der Waals surface area (Å²) >= 11 is 0. The highest BCUT2D eigenvalue weighted by Gasteiger charge is 2.40. The number of carbonyl (C=O) groups is 4. The van der Waals surface area contributed by atoms with Crippen LogP contribution in [0.25, 0.3) is 10.8 Å². The Kier molecular flexibility index (Phi) is 2.41. The minimum Gasteiger partial charge on any atom is -0.386 e. The smallest absolute Gasteiger partial charge is 0.348 e. The van der Waals surface area contributed by atoms with Crippen molar-refractivity contribution in [3.63, 3.8) is 0 Å². The second-order valence-electron chi connectivity index (χ2n) is 4.99. The second-order valence-corrected chi connectivity index (χ2v) is 4.99. The molecule has 0 amide bonds. The van der Waals surface area contributed by atoms with Crippen molar-refractivity contribution in [3.8, 4) is 12.1 Å². The Morgan fingerprint density at radius 2 is 1.04 bits per heavy atom. The molecule has 112 valence electrons. The van der Waals surface area contributed by atoms with Crippen LogP contribution in [0.3, 0.4) is 0 Å². The molecule has 0 aliphatic carbocycles. The molecule has 0 saturated carbocycles. The van der Waals surface area contributed by atoms with Crippen molar-refractivity contribution in [1.29, 1.82) is 10.5 Å². The summed E-state index contributed by atoms with van der Waals surface area (Å²) in [6.07, 6.45) is 0. The number of hydrogen-bond acceptors (Lipinski definition) is 8. The normalized spacial score (nSPS) is 14.8. The average molecular weight is 318 g/mol. The third kappa shape index (κ3) is 1.39. The van der Waals surface area contributed by atoms with Gasteiger partial charge in [-0.25, -0.2) is 19.2 Å². The molecule has 8 heteroatoms. The Balaban J connectivity index is 2.42. The molecule has 2 heterocycles. The molecule has 2 aliphatic rings. The Morgan fingerprint density at radius 3 is 1.38 bits per heavy atom. The zero-order chi connectivity index (χ0) is 17.2. The maximum Gasteiger partial charge on any atom is 0.348 e. The highest BCUT2D eigenvalue weighted by molar-refractivity contribution is 6.30. The summed E-state index contributed by atoms with van der Waals surface area (Å²) in [5, 5.41) is 18.6. The average Bonchev–Trinajstić information content (AvgIpc) is 2.56. The minimum absolute atomic E-state index is 0.0516. The van der Waals surface area contributed by atoms with Crippen LogP contribution in [0.5, 0.6) is 0 Å². The first-order chi connectivity index (χ1) is 11.5. The summed E-state index contributed by atoms with van der Waals surface area (Å²) in [7, 11) is 0. The van der Waals surface area contributed by atoms with Crippen LogP contribution in [-0.4, -0.2) is 23.9 Å². The highest BCUT2D eigenvalue weighted by Crippen LogP contribution is 2.40. The summed E-state index contributed by atoms with van der Waals surface area (Å²) in [5.41, 5.74) is -1.58. The highest BCUT2D eigenvalue weighted by atomic mass is 16.6. The Hall–Kier alpha value is -4.04. The second kappa shape index (κ2) is 4.24. The van der Waals surface area contributed by atoms with E-state index in [0.717, 1.165) is 0 Å². The zero-order valence-electron chi connectivity index (χ0n) is 11.5. The molecule has 4 rings (SSSR count). The van der Waals surface area contributed by atoms with Gasteiger partial charge >= 0.3 is 23.9 Å². The van der Waals surface area contributed by atoms with Gasteiger partial charge in [-0.3, -0.25) is 0 Å². The van der Waals surface area contributed by atoms with E-state index in [1.54, 1.807) is 12.1 Å². The lowest BCUT2D eigenvalue weighted by molar-refractivity contribution is 0.0365. The van der Waals surface area contributed by atoms with Crippen LogP contribution in [0.2, 0.25) is 0 Å². The topological polar surface area (TPSA) is 134 Å². The quantitative estimate of drug-likeness (QED) is 0.522. The first-order valence-electron chi connectivity index (χ1n) is 6.49. The number of benzene rings is 2. The number of rotatable bonds is 0. The van der Waals surface area contributed by atoms with Crippen LogP contribution in [0.1, 0.15) is 52.6 Å². The molecule has 0 spiro atoms. The first-order valence-corrected chi connectivity index (χ1v) is 6.49. The van der Waals surface area contributed by atoms with E-state index in [-0.39, 0.29) is 33.0 Å². The summed E-state index contributed by atoms with van der Waals surface area (Å²) < 4.78 is 9.18. The van der Waals surface area contributed by atoms with Crippen molar-refractivity contribution >= 4 is 34.6 Å². The molecule has 0 atom stereocenters. The Labute approximate surface area is 132 Å². The van der Waals surface area contributed by atoms with Crippen LogP contribution < -0.4 is 0 Å². The molecule has 24 heavy (non-hydrogen) atoms. The maximum atomic E-state index is 12.1. The number of carbonyl (C=O) groups excluding carboxylic acids is 4. The van der Waals surface area contributed by atoms with Gasteiger partial charge in [0.1, 0.15) is 12.1 Å². The molecule has 0 radical (unpaired) electrons. The van der Waals surface area contributed by atoms with Gasteiger partial charge in [0.05, 0.1) is 33.4 Å². The predicted molar refractivity (Wildman–Crippen MR) is 72.9 cm³/mol. The van der Waals surface area contributed by atoms with Crippen molar-refractivity contribution in [3.05, 3.63) is 45.5 Å². The third-order valence-corrected chi connectivity index (χ3v) is 3.90. The molecule has 8 nitrogen and oxygen atoms in total. The van der Waals surface area contributed by atoms with Gasteiger partial charge in [-0.1, -0.05) is 0 Å². The molecular weight excluding hydrogens is 316 g/mol. The van der Waals surface area contributed by atoms with E-state index in [4.69, 9.17) is 0 Å². The van der Waals surface area contributed by atoms with Crippen LogP contribution in [-0.2, 0) is 9.47 Å². The lowest BCUT2D eigenvalue weighted by atomic mass is 9.83. The lowest BCUT2D eigenvalue weighted by Crippen LogP contribution is -2.27. The van der Waals surface area contributed by atoms with Gasteiger partial charge in [-0.2, -0.15) is 10.5 Å². The number of hydrogen-bond donors (Lipinski definition) is 0. The van der Waals surface area contributed by atoms with Crippen molar-refractivity contribution in [2.75, 3.05) is 0 Å². The van der Waals surface area contributed by atoms with E-state index in [9.17, 15) is 29.7 Å². The van der Waals surface area contributed by atoms with Crippen LogP contribution in [0.15, 0.2) is 12.1 Å². The van der Waals surface area contributed by atoms with Crippen molar-refractivity contribution in [1.82, 2.24) is 0 Å². The first kappa shape index (κ1) is 13.6. The molecule has 2 aliphatic heterocycles. The summed E-state index contributed by atoms with van der Waals surface area (Å²) in [5.74, 6) is -4.17. The van der Waals surface area contributed by atoms with Gasteiger partial charge in [0, 0.05) is 10.8 Å². The lowest BCUT2D eigenvalue weighted by Gasteiger charge is -2.23. The fourth-order valence-electron chi connectivity index (χ4n) is 2.97. The van der Waals surface area contributed by atoms with E-state index in [1.165, 1.54) is 12.1 Å². The summed E-state index contributed by atoms with van der Waals surface area (Å²) in [6.45, 7) is 0. The van der Waals surface area contributed by atoms with E-state index in [2.05, 4.69) is 9.47 Å². The molecule has 0 N–H and O–H groups in total. The van der Waals surface area contributed by atoms with Gasteiger partial charge in [-0.15, -0.1) is 0 Å². The largest absolute Gasteiger partial charge is 0.386 e. The molecule has 2 aromatic carbocycles. The van der Waals surface area contributed by atoms with Crippen LogP contribution in [0, 0.1) is 22.7 Å². The molecule has 0 unspecified atom stereocenters. The SMILES string of the molecule is N#Cc1c(C#N)c2c3c(ccc4c3c1C(=O)OC4=O)C(=O)OC2=O. The van der Waals surface area contributed by atoms with Crippen molar-refractivity contribution in [2.45, 2.75) is 0 Å². The van der Waals surface area contributed by atoms with E-state index in [1.807, 2.05) is 0 Å². The molecule has 0 saturated heterocycles. The van der Waals surface area contributed by atoms with E-state index >= 15 is 0 Å². The molecule has 2 aromatic rings. The molecular formula is C16H2N2O6. The van der Waals surface area contributed by atoms with Crippen LogP contribution in [0.4, 0.5) is 0 Å². The number of nitrogens with zero attached hydrogens (tertiary/aromatic N) is 2. The molecule has 0 fully saturated rings. The van der Waals surface area contributed by atoms with Gasteiger partial charge in [-0.05, 0) is 12.1 Å². The Morgan fingerprint density at radius 1 is 0.667 bits per heavy atom. The standard InChI is InChI=1S/C16H2N2O6/c17-3-7-8(4-18)12-10-6(14(20)24-16(12)22)2-1-5-9(10)11(7)15(21)23-13(5)19/h1-2H. The summed E-state index contributed by atoms with van der Waals surface area (Å²) in [6, 6.07) is 5.85. The predicted octanol–water partition coefficient (Wildman–Crippen LogP) is 1.20. The number of cyclic esters (lactones) is 4. The minimum atomic E-state index is -1.12. The van der Waals surface area contributed by atoms with Crippen LogP contribution >= 0.6 is 0 Å². The summed E-state index contributed by atoms with van der Waals surface area (Å²) in [4.78, 5) is 48.1. The third-order valence-electron chi connectivity index (χ3n) is 3.90. The van der Waals surface area contributed by atoms with Crippen molar-refractivity contribution in [2.24, 2.45) is 0 Å². The number of ether oxygens (including phenoxy) is 2. The Bertz CT molecular complexity index is 1060. The molecule has 0 aromatic heterocycles. The van der Waals surface area contributed by atoms with Gasteiger partial charge < -0.3 is 9.47 Å². The number of nitriles is 2.